The van der Waals surface area contributed by atoms with E-state index < -0.39 is 0 Å². The molecule has 1 saturated heterocycles. The Bertz CT molecular complexity index is 279. The maximum absolute atomic E-state index is 3.89. The van der Waals surface area contributed by atoms with E-state index in [1.165, 1.54) is 64.6 Å². The smallest absolute Gasteiger partial charge is 0.0309 e. The fourth-order valence-corrected chi connectivity index (χ4v) is 4.09. The van der Waals surface area contributed by atoms with Crippen molar-refractivity contribution in [2.75, 3.05) is 19.6 Å². The summed E-state index contributed by atoms with van der Waals surface area (Å²) in [4.78, 5) is 2.80. The summed E-state index contributed by atoms with van der Waals surface area (Å²) in [5, 5.41) is 3.89. The predicted octanol–water partition coefficient (Wildman–Crippen LogP) is 3.03. The van der Waals surface area contributed by atoms with Gasteiger partial charge in [0.15, 0.2) is 0 Å². The summed E-state index contributed by atoms with van der Waals surface area (Å²) >= 11 is 0. The lowest BCUT2D eigenvalue weighted by atomic mass is 9.79. The van der Waals surface area contributed by atoms with Gasteiger partial charge in [0.05, 0.1) is 0 Å². The van der Waals surface area contributed by atoms with E-state index in [0.29, 0.717) is 5.54 Å². The molecule has 3 aliphatic rings. The first-order valence-electron chi connectivity index (χ1n) is 8.18. The number of nitrogens with zero attached hydrogens (tertiary/aromatic N) is 1. The maximum atomic E-state index is 3.89. The second-order valence-corrected chi connectivity index (χ2v) is 7.32. The van der Waals surface area contributed by atoms with E-state index in [-0.39, 0.29) is 0 Å². The van der Waals surface area contributed by atoms with Crippen LogP contribution >= 0.6 is 0 Å². The van der Waals surface area contributed by atoms with Crippen molar-refractivity contribution in [2.45, 2.75) is 70.4 Å². The summed E-state index contributed by atoms with van der Waals surface area (Å²) in [6.07, 6.45) is 10.1. The van der Waals surface area contributed by atoms with Gasteiger partial charge in [0, 0.05) is 31.2 Å². The summed E-state index contributed by atoms with van der Waals surface area (Å²) < 4.78 is 0. The summed E-state index contributed by atoms with van der Waals surface area (Å²) in [7, 11) is 0. The molecule has 0 amide bonds. The van der Waals surface area contributed by atoms with Crippen molar-refractivity contribution < 1.29 is 0 Å². The van der Waals surface area contributed by atoms with E-state index in [0.717, 1.165) is 17.9 Å². The molecule has 104 valence electrons. The minimum absolute atomic E-state index is 0.480. The summed E-state index contributed by atoms with van der Waals surface area (Å²) in [5.41, 5.74) is 0.480. The molecular formula is C16H30N2. The van der Waals surface area contributed by atoms with Crippen LogP contribution in [0, 0.1) is 11.8 Å². The zero-order valence-corrected chi connectivity index (χ0v) is 12.3. The first kappa shape index (κ1) is 12.9. The summed E-state index contributed by atoms with van der Waals surface area (Å²) in [6, 6.07) is 0.735. The minimum atomic E-state index is 0.480. The highest BCUT2D eigenvalue weighted by atomic mass is 15.3. The van der Waals surface area contributed by atoms with Gasteiger partial charge in [0.25, 0.3) is 0 Å². The third kappa shape index (κ3) is 2.75. The van der Waals surface area contributed by atoms with Crippen molar-refractivity contribution in [3.63, 3.8) is 0 Å². The van der Waals surface area contributed by atoms with Crippen LogP contribution in [0.3, 0.4) is 0 Å². The molecule has 18 heavy (non-hydrogen) atoms. The molecule has 2 heteroatoms. The third-order valence-corrected chi connectivity index (χ3v) is 5.66. The average molecular weight is 250 g/mol. The van der Waals surface area contributed by atoms with Crippen molar-refractivity contribution in [1.29, 1.82) is 0 Å². The molecule has 0 aromatic heterocycles. The molecule has 0 aromatic carbocycles. The van der Waals surface area contributed by atoms with Gasteiger partial charge in [-0.1, -0.05) is 26.2 Å². The van der Waals surface area contributed by atoms with Crippen molar-refractivity contribution in [3.05, 3.63) is 0 Å². The monoisotopic (exact) mass is 250 g/mol. The Morgan fingerprint density at radius 1 is 1.22 bits per heavy atom. The van der Waals surface area contributed by atoms with Crippen LogP contribution in [0.1, 0.15) is 58.8 Å². The van der Waals surface area contributed by atoms with E-state index in [2.05, 4.69) is 24.1 Å². The van der Waals surface area contributed by atoms with Gasteiger partial charge in [-0.05, 0) is 44.4 Å². The largest absolute Gasteiger partial charge is 0.308 e. The molecule has 2 aliphatic carbocycles. The van der Waals surface area contributed by atoms with Crippen LogP contribution in [-0.4, -0.2) is 36.1 Å². The quantitative estimate of drug-likeness (QED) is 0.828. The molecule has 1 N–H and O–H groups in total. The summed E-state index contributed by atoms with van der Waals surface area (Å²) in [5.74, 6) is 1.97. The Labute approximate surface area is 113 Å². The zero-order chi connectivity index (χ0) is 12.6. The standard InChI is InChI=1S/C16H30N2/c1-13(15-6-7-15)11-18-12-16(17-10-14(18)2)8-4-3-5-9-16/h13-15,17H,3-12H2,1-2H3. The van der Waals surface area contributed by atoms with Crippen LogP contribution in [0.4, 0.5) is 0 Å². The number of rotatable bonds is 3. The maximum Gasteiger partial charge on any atom is 0.0309 e. The van der Waals surface area contributed by atoms with Crippen LogP contribution in [-0.2, 0) is 0 Å². The Morgan fingerprint density at radius 3 is 2.61 bits per heavy atom. The molecule has 1 heterocycles. The van der Waals surface area contributed by atoms with E-state index >= 15 is 0 Å². The van der Waals surface area contributed by atoms with Crippen LogP contribution in [0.2, 0.25) is 0 Å². The van der Waals surface area contributed by atoms with E-state index in [1.807, 2.05) is 0 Å². The molecule has 0 aromatic rings. The Balaban J connectivity index is 1.60. The van der Waals surface area contributed by atoms with Gasteiger partial charge in [0.1, 0.15) is 0 Å². The minimum Gasteiger partial charge on any atom is -0.308 e. The van der Waals surface area contributed by atoms with Crippen molar-refractivity contribution in [3.8, 4) is 0 Å². The Hall–Kier alpha value is -0.0800. The SMILES string of the molecule is CC(CN1CC2(CCCCC2)NCC1C)C1CC1. The van der Waals surface area contributed by atoms with Crippen LogP contribution in [0.15, 0.2) is 0 Å². The fourth-order valence-electron chi connectivity index (χ4n) is 4.09. The van der Waals surface area contributed by atoms with Gasteiger partial charge in [-0.3, -0.25) is 4.90 Å². The number of nitrogens with one attached hydrogen (secondary N) is 1. The van der Waals surface area contributed by atoms with Crippen LogP contribution < -0.4 is 5.32 Å². The highest BCUT2D eigenvalue weighted by Crippen LogP contribution is 2.38. The van der Waals surface area contributed by atoms with Gasteiger partial charge in [0.2, 0.25) is 0 Å². The van der Waals surface area contributed by atoms with Crippen molar-refractivity contribution in [2.24, 2.45) is 11.8 Å². The second-order valence-electron chi connectivity index (χ2n) is 7.32. The number of hydrogen-bond acceptors (Lipinski definition) is 2. The lowest BCUT2D eigenvalue weighted by Gasteiger charge is -2.49. The Morgan fingerprint density at radius 2 is 1.94 bits per heavy atom. The van der Waals surface area contributed by atoms with E-state index in [4.69, 9.17) is 0 Å². The lowest BCUT2D eigenvalue weighted by Crippen LogP contribution is -2.64. The van der Waals surface area contributed by atoms with Gasteiger partial charge >= 0.3 is 0 Å². The highest BCUT2D eigenvalue weighted by Gasteiger charge is 2.40. The molecule has 0 radical (unpaired) electrons. The highest BCUT2D eigenvalue weighted by molar-refractivity contribution is 4.99. The molecule has 3 fully saturated rings. The lowest BCUT2D eigenvalue weighted by molar-refractivity contribution is 0.0507. The predicted molar refractivity (Wildman–Crippen MR) is 76.7 cm³/mol. The molecule has 3 rings (SSSR count). The van der Waals surface area contributed by atoms with Gasteiger partial charge in [-0.15, -0.1) is 0 Å². The molecule has 0 bridgehead atoms. The summed E-state index contributed by atoms with van der Waals surface area (Å²) in [6.45, 7) is 8.74. The van der Waals surface area contributed by atoms with Crippen LogP contribution in [0.25, 0.3) is 0 Å². The van der Waals surface area contributed by atoms with E-state index in [1.54, 1.807) is 0 Å². The molecule has 1 aliphatic heterocycles. The Kier molecular flexibility index (Phi) is 3.68. The van der Waals surface area contributed by atoms with Gasteiger partial charge in [-0.25, -0.2) is 0 Å². The number of piperazine rings is 1. The normalized spacial score (nSPS) is 34.7. The molecule has 2 saturated carbocycles. The van der Waals surface area contributed by atoms with E-state index in [9.17, 15) is 0 Å². The van der Waals surface area contributed by atoms with Gasteiger partial charge in [-0.2, -0.15) is 0 Å². The van der Waals surface area contributed by atoms with Crippen molar-refractivity contribution >= 4 is 0 Å². The second kappa shape index (κ2) is 5.13. The number of hydrogen-bond donors (Lipinski definition) is 1. The zero-order valence-electron chi connectivity index (χ0n) is 12.3. The first-order valence-corrected chi connectivity index (χ1v) is 8.18. The third-order valence-electron chi connectivity index (χ3n) is 5.66. The van der Waals surface area contributed by atoms with Crippen LogP contribution in [0.5, 0.6) is 0 Å². The molecule has 2 nitrogen and oxygen atoms in total. The molecule has 2 unspecified atom stereocenters. The molecule has 2 atom stereocenters. The fraction of sp³-hybridized carbons (Fsp3) is 1.00. The van der Waals surface area contributed by atoms with Gasteiger partial charge < -0.3 is 5.32 Å². The average Bonchev–Trinajstić information content (AvgIpc) is 3.19. The molecular weight excluding hydrogens is 220 g/mol. The first-order chi connectivity index (χ1) is 8.69. The molecule has 1 spiro atoms. The van der Waals surface area contributed by atoms with Crippen molar-refractivity contribution in [1.82, 2.24) is 10.2 Å². The topological polar surface area (TPSA) is 15.3 Å².